The van der Waals surface area contributed by atoms with Gasteiger partial charge in [-0.05, 0) is 122 Å². The molecule has 16 rings (SSSR count). The molecule has 0 unspecified atom stereocenters. The van der Waals surface area contributed by atoms with E-state index in [0.29, 0.717) is 0 Å². The molecule has 1 spiro atoms. The first-order chi connectivity index (χ1) is 36.7. The first kappa shape index (κ1) is 41.0. The van der Waals surface area contributed by atoms with Gasteiger partial charge in [0.05, 0.1) is 33.2 Å². The van der Waals surface area contributed by atoms with Crippen LogP contribution in [0.5, 0.6) is 0 Å². The zero-order valence-electron chi connectivity index (χ0n) is 40.3. The fraction of sp³-hybridized carbons (Fsp3) is 0.0141. The van der Waals surface area contributed by atoms with Crippen molar-refractivity contribution < 1.29 is 0 Å². The zero-order chi connectivity index (χ0) is 48.5. The molecular weight excluding hydrogens is 895 g/mol. The quantitative estimate of drug-likeness (QED) is 0.162. The van der Waals surface area contributed by atoms with Crippen LogP contribution in [0.2, 0.25) is 0 Å². The van der Waals surface area contributed by atoms with Crippen LogP contribution in [0.3, 0.4) is 0 Å². The first-order valence-corrected chi connectivity index (χ1v) is 25.7. The molecule has 344 valence electrons. The van der Waals surface area contributed by atoms with E-state index in [-0.39, 0.29) is 0 Å². The van der Waals surface area contributed by atoms with E-state index in [1.54, 1.807) is 0 Å². The zero-order valence-corrected chi connectivity index (χ0v) is 40.3. The van der Waals surface area contributed by atoms with Gasteiger partial charge in [0.25, 0.3) is 0 Å². The minimum absolute atomic E-state index is 0.504. The van der Waals surface area contributed by atoms with Gasteiger partial charge in [-0.3, -0.25) is 0 Å². The van der Waals surface area contributed by atoms with Crippen molar-refractivity contribution in [1.29, 1.82) is 0 Å². The van der Waals surface area contributed by atoms with Crippen molar-refractivity contribution in [2.24, 2.45) is 0 Å². The Hall–Kier alpha value is -9.70. The summed E-state index contributed by atoms with van der Waals surface area (Å²) in [6.07, 6.45) is 0. The van der Waals surface area contributed by atoms with E-state index in [1.165, 1.54) is 98.9 Å². The molecule has 2 aliphatic carbocycles. The van der Waals surface area contributed by atoms with Gasteiger partial charge in [0.1, 0.15) is 0 Å². The van der Waals surface area contributed by atoms with Crippen LogP contribution in [0.15, 0.2) is 273 Å². The Morgan fingerprint density at radius 2 is 0.770 bits per heavy atom. The molecule has 0 bridgehead atoms. The molecule has 0 saturated carbocycles. The molecule has 0 N–H and O–H groups in total. The van der Waals surface area contributed by atoms with Gasteiger partial charge in [-0.2, -0.15) is 0 Å². The minimum atomic E-state index is -0.504. The highest BCUT2D eigenvalue weighted by atomic mass is 15.1. The third kappa shape index (κ3) is 5.61. The van der Waals surface area contributed by atoms with Gasteiger partial charge in [-0.25, -0.2) is 0 Å². The van der Waals surface area contributed by atoms with Gasteiger partial charge < -0.3 is 14.0 Å². The Bertz CT molecular complexity index is 4510. The lowest BCUT2D eigenvalue weighted by atomic mass is 9.70. The Labute approximate surface area is 428 Å². The molecule has 0 aliphatic heterocycles. The average molecular weight is 940 g/mol. The second kappa shape index (κ2) is 15.6. The van der Waals surface area contributed by atoms with Crippen LogP contribution in [0, 0.1) is 0 Å². The summed E-state index contributed by atoms with van der Waals surface area (Å²) in [7, 11) is 0. The predicted molar refractivity (Wildman–Crippen MR) is 309 cm³/mol. The lowest BCUT2D eigenvalue weighted by molar-refractivity contribution is 0.793. The van der Waals surface area contributed by atoms with E-state index in [1.807, 2.05) is 0 Å². The molecule has 3 nitrogen and oxygen atoms in total. The summed E-state index contributed by atoms with van der Waals surface area (Å²) in [6.45, 7) is 0. The second-order valence-corrected chi connectivity index (χ2v) is 19.9. The maximum atomic E-state index is 2.54. The van der Waals surface area contributed by atoms with Crippen LogP contribution in [0.25, 0.3) is 99.1 Å². The van der Waals surface area contributed by atoms with Crippen LogP contribution in [-0.4, -0.2) is 9.13 Å². The first-order valence-electron chi connectivity index (χ1n) is 25.7. The third-order valence-corrected chi connectivity index (χ3v) is 16.3. The van der Waals surface area contributed by atoms with E-state index in [2.05, 4.69) is 287 Å². The number of aromatic nitrogens is 2. The molecule has 2 aromatic heterocycles. The molecule has 74 heavy (non-hydrogen) atoms. The molecule has 0 radical (unpaired) electrons. The standard InChI is InChI=1S/C71H45N3/c1-2-22-48(23-3-1)74-69-38-17-11-30-60(69)61-32-19-31-53(70(61)74)47-42-50(44-51(43-47)73-67-36-15-9-28-58(67)59-29-10-16-37-68(59)73)72(66-39-18-21-46-20-4-5-24-52(46)66)49-40-41-57-56-27-8-14-35-64(56)71(65(57)45-49)62-33-12-6-25-54(62)55-26-7-13-34-63(55)71/h1-45H. The highest BCUT2D eigenvalue weighted by Gasteiger charge is 2.51. The maximum absolute atomic E-state index is 2.54. The van der Waals surface area contributed by atoms with Crippen LogP contribution < -0.4 is 4.90 Å². The van der Waals surface area contributed by atoms with Crippen molar-refractivity contribution in [3.8, 4) is 44.8 Å². The number of hydrogen-bond acceptors (Lipinski definition) is 1. The van der Waals surface area contributed by atoms with Crippen LogP contribution in [0.4, 0.5) is 17.1 Å². The predicted octanol–water partition coefficient (Wildman–Crippen LogP) is 18.5. The number of nitrogens with zero attached hydrogens (tertiary/aromatic N) is 3. The third-order valence-electron chi connectivity index (χ3n) is 16.3. The normalized spacial score (nSPS) is 13.0. The van der Waals surface area contributed by atoms with Gasteiger partial charge in [-0.15, -0.1) is 0 Å². The molecule has 0 saturated heterocycles. The van der Waals surface area contributed by atoms with E-state index in [9.17, 15) is 0 Å². The number of fused-ring (bicyclic) bond motifs is 17. The largest absolute Gasteiger partial charge is 0.310 e. The molecule has 14 aromatic rings. The van der Waals surface area contributed by atoms with Gasteiger partial charge in [0, 0.05) is 55.2 Å². The van der Waals surface area contributed by atoms with Crippen molar-refractivity contribution >= 4 is 71.4 Å². The van der Waals surface area contributed by atoms with E-state index >= 15 is 0 Å². The van der Waals surface area contributed by atoms with Crippen LogP contribution in [-0.2, 0) is 5.41 Å². The highest BCUT2D eigenvalue weighted by Crippen LogP contribution is 2.63. The SMILES string of the molecule is c1ccc(-n2c3ccccc3c3cccc(-c4cc(N(c5ccc6c(c5)C5(c7ccccc7-c7ccccc75)c5ccccc5-6)c5cccc6ccccc56)cc(-n5c6ccccc6c6ccccc65)c4)c32)cc1. The van der Waals surface area contributed by atoms with Crippen molar-refractivity contribution in [3.63, 3.8) is 0 Å². The summed E-state index contributed by atoms with van der Waals surface area (Å²) in [5.41, 5.74) is 22.4. The number of benzene rings is 12. The van der Waals surface area contributed by atoms with Crippen molar-refractivity contribution in [3.05, 3.63) is 295 Å². The van der Waals surface area contributed by atoms with Gasteiger partial charge >= 0.3 is 0 Å². The Morgan fingerprint density at radius 3 is 1.43 bits per heavy atom. The fourth-order valence-corrected chi connectivity index (χ4v) is 13.4. The number of anilines is 3. The highest BCUT2D eigenvalue weighted by molar-refractivity contribution is 6.15. The average Bonchev–Trinajstić information content (AvgIpc) is 4.18. The maximum Gasteiger partial charge on any atom is 0.0726 e. The molecule has 0 fully saturated rings. The summed E-state index contributed by atoms with van der Waals surface area (Å²) < 4.78 is 4.94. The number of rotatable bonds is 6. The fourth-order valence-electron chi connectivity index (χ4n) is 13.4. The Balaban J connectivity index is 1.03. The van der Waals surface area contributed by atoms with Gasteiger partial charge in [0.15, 0.2) is 0 Å². The molecule has 2 aliphatic rings. The summed E-state index contributed by atoms with van der Waals surface area (Å²) in [6, 6.07) is 102. The summed E-state index contributed by atoms with van der Waals surface area (Å²) in [4.78, 5) is 2.54. The smallest absolute Gasteiger partial charge is 0.0726 e. The second-order valence-electron chi connectivity index (χ2n) is 19.9. The molecule has 12 aromatic carbocycles. The summed E-state index contributed by atoms with van der Waals surface area (Å²) >= 11 is 0. The molecule has 3 heteroatoms. The van der Waals surface area contributed by atoms with Crippen LogP contribution in [0.1, 0.15) is 22.3 Å². The molecule has 0 amide bonds. The topological polar surface area (TPSA) is 13.1 Å². The Morgan fingerprint density at radius 1 is 0.284 bits per heavy atom. The lowest BCUT2D eigenvalue weighted by Crippen LogP contribution is -2.26. The van der Waals surface area contributed by atoms with Crippen molar-refractivity contribution in [1.82, 2.24) is 9.13 Å². The minimum Gasteiger partial charge on any atom is -0.310 e. The number of hydrogen-bond donors (Lipinski definition) is 0. The van der Waals surface area contributed by atoms with Crippen LogP contribution >= 0.6 is 0 Å². The Kier molecular flexibility index (Phi) is 8.66. The van der Waals surface area contributed by atoms with Crippen molar-refractivity contribution in [2.75, 3.05) is 4.90 Å². The number of para-hydroxylation sites is 5. The molecular formula is C71H45N3. The summed E-state index contributed by atoms with van der Waals surface area (Å²) in [5, 5.41) is 7.28. The van der Waals surface area contributed by atoms with Gasteiger partial charge in [0.2, 0.25) is 0 Å². The summed E-state index contributed by atoms with van der Waals surface area (Å²) in [5.74, 6) is 0. The van der Waals surface area contributed by atoms with E-state index in [4.69, 9.17) is 0 Å². The molecule has 2 heterocycles. The molecule has 0 atom stereocenters. The van der Waals surface area contributed by atoms with E-state index in [0.717, 1.165) is 39.6 Å². The van der Waals surface area contributed by atoms with E-state index < -0.39 is 5.41 Å². The van der Waals surface area contributed by atoms with Gasteiger partial charge in [-0.1, -0.05) is 206 Å². The lowest BCUT2D eigenvalue weighted by Gasteiger charge is -2.32. The van der Waals surface area contributed by atoms with Crippen molar-refractivity contribution in [2.45, 2.75) is 5.41 Å². The monoisotopic (exact) mass is 939 g/mol.